The Balaban J connectivity index is 3.66. The lowest BCUT2D eigenvalue weighted by Crippen LogP contribution is -2.26. The summed E-state index contributed by atoms with van der Waals surface area (Å²) in [5, 5.41) is 6.36. The Morgan fingerprint density at radius 3 is 1.50 bits per heavy atom. The van der Waals surface area contributed by atoms with Crippen LogP contribution in [0.4, 0.5) is 0 Å². The van der Waals surface area contributed by atoms with Crippen LogP contribution in [0, 0.1) is 13.8 Å². The van der Waals surface area contributed by atoms with Crippen molar-refractivity contribution in [2.24, 2.45) is 0 Å². The molecule has 0 aromatic heterocycles. The second kappa shape index (κ2) is 4.54. The van der Waals surface area contributed by atoms with E-state index < -0.39 is 25.8 Å². The smallest absolute Gasteiger partial charge is 0.364 e. The number of hydrogen-bond donors (Lipinski definition) is 5. The van der Waals surface area contributed by atoms with E-state index in [2.05, 4.69) is 0 Å². The Kier molecular flexibility index (Phi) is 3.92. The molecule has 7 nitrogen and oxygen atoms in total. The fourth-order valence-electron chi connectivity index (χ4n) is 1.67. The molecule has 0 aliphatic rings. The van der Waals surface area contributed by atoms with Crippen molar-refractivity contribution in [3.8, 4) is 0 Å². The fourth-order valence-corrected chi connectivity index (χ4v) is 3.96. The normalized spacial score (nSPS) is 13.7. The zero-order valence-corrected chi connectivity index (χ0v) is 11.5. The van der Waals surface area contributed by atoms with E-state index in [0.717, 1.165) is 12.1 Å². The molecule has 0 spiro atoms. The van der Waals surface area contributed by atoms with E-state index in [1.807, 2.05) is 0 Å². The molecule has 0 unspecified atom stereocenters. The third-order valence-electron chi connectivity index (χ3n) is 2.42. The standard InChI is InChI=1S/C9H14O7P2/c1-6-3-7(2)5-8(4-6)9(10,17(11,12)13)18(14,15)16/h3-5,10H,1-2H3,(H2,11,12,13)(H2,14,15,16). The molecule has 9 heteroatoms. The van der Waals surface area contributed by atoms with Gasteiger partial charge in [0.25, 0.3) is 5.08 Å². The molecular weight excluding hydrogens is 282 g/mol. The van der Waals surface area contributed by atoms with Crippen LogP contribution in [0.25, 0.3) is 0 Å². The minimum atomic E-state index is -5.48. The minimum absolute atomic E-state index is 0.498. The van der Waals surface area contributed by atoms with E-state index in [1.165, 1.54) is 0 Å². The maximum Gasteiger partial charge on any atom is 0.374 e. The largest absolute Gasteiger partial charge is 0.374 e. The number of rotatable bonds is 3. The molecule has 5 N–H and O–H groups in total. The predicted molar refractivity (Wildman–Crippen MR) is 63.9 cm³/mol. The van der Waals surface area contributed by atoms with Crippen molar-refractivity contribution >= 4 is 15.2 Å². The maximum absolute atomic E-state index is 11.3. The molecule has 102 valence electrons. The monoisotopic (exact) mass is 296 g/mol. The van der Waals surface area contributed by atoms with Crippen molar-refractivity contribution in [3.05, 3.63) is 34.9 Å². The summed E-state index contributed by atoms with van der Waals surface area (Å²) in [5.74, 6) is 0. The summed E-state index contributed by atoms with van der Waals surface area (Å²) in [6.45, 7) is 3.16. The first-order chi connectivity index (χ1) is 7.89. The summed E-state index contributed by atoms with van der Waals surface area (Å²) in [6, 6.07) is 3.90. The van der Waals surface area contributed by atoms with Crippen LogP contribution >= 0.6 is 15.2 Å². The van der Waals surface area contributed by atoms with Crippen LogP contribution in [0.3, 0.4) is 0 Å². The second-order valence-corrected chi connectivity index (χ2v) is 7.92. The molecule has 18 heavy (non-hydrogen) atoms. The summed E-state index contributed by atoms with van der Waals surface area (Å²) in [7, 11) is -11.0. The third kappa shape index (κ3) is 2.58. The molecule has 1 aromatic carbocycles. The van der Waals surface area contributed by atoms with Crippen molar-refractivity contribution in [2.45, 2.75) is 18.9 Å². The van der Waals surface area contributed by atoms with Crippen LogP contribution in [0.5, 0.6) is 0 Å². The SMILES string of the molecule is Cc1cc(C)cc(C(O)(P(=O)(O)O)P(=O)(O)O)c1. The fraction of sp³-hybridized carbons (Fsp3) is 0.333. The molecule has 0 radical (unpaired) electrons. The Bertz CT molecular complexity index is 514. The molecule has 0 atom stereocenters. The lowest BCUT2D eigenvalue weighted by atomic mass is 10.1. The molecule has 0 aliphatic heterocycles. The van der Waals surface area contributed by atoms with Gasteiger partial charge in [-0.1, -0.05) is 29.3 Å². The molecule has 0 amide bonds. The van der Waals surface area contributed by atoms with Gasteiger partial charge in [0.05, 0.1) is 0 Å². The molecule has 0 bridgehead atoms. The van der Waals surface area contributed by atoms with Crippen molar-refractivity contribution in [2.75, 3.05) is 0 Å². The molecule has 0 heterocycles. The van der Waals surface area contributed by atoms with Gasteiger partial charge in [0.15, 0.2) is 0 Å². The highest BCUT2D eigenvalue weighted by Crippen LogP contribution is 2.72. The first-order valence-electron chi connectivity index (χ1n) is 4.82. The van der Waals surface area contributed by atoms with E-state index >= 15 is 0 Å². The topological polar surface area (TPSA) is 135 Å². The van der Waals surface area contributed by atoms with Gasteiger partial charge in [0.1, 0.15) is 0 Å². The zero-order chi connectivity index (χ0) is 14.4. The van der Waals surface area contributed by atoms with Gasteiger partial charge in [0.2, 0.25) is 0 Å². The summed E-state index contributed by atoms with van der Waals surface area (Å²) in [4.78, 5) is 36.3. The van der Waals surface area contributed by atoms with Crippen LogP contribution in [-0.2, 0) is 14.2 Å². The molecule has 0 saturated heterocycles. The Labute approximate surface area is 103 Å². The highest BCUT2D eigenvalue weighted by atomic mass is 31.2. The van der Waals surface area contributed by atoms with Crippen LogP contribution in [0.15, 0.2) is 18.2 Å². The van der Waals surface area contributed by atoms with E-state index in [0.29, 0.717) is 11.1 Å². The number of aryl methyl sites for hydroxylation is 2. The van der Waals surface area contributed by atoms with Gasteiger partial charge in [-0.2, -0.15) is 0 Å². The molecule has 0 fully saturated rings. The molecular formula is C9H14O7P2. The third-order valence-corrected chi connectivity index (χ3v) is 6.13. The summed E-state index contributed by atoms with van der Waals surface area (Å²) in [5.41, 5.74) is 0.539. The second-order valence-electron chi connectivity index (χ2n) is 4.10. The number of hydrogen-bond acceptors (Lipinski definition) is 3. The quantitative estimate of drug-likeness (QED) is 0.519. The van der Waals surface area contributed by atoms with Crippen molar-refractivity contribution in [3.63, 3.8) is 0 Å². The Hall–Kier alpha value is -0.520. The van der Waals surface area contributed by atoms with Crippen molar-refractivity contribution in [1.82, 2.24) is 0 Å². The van der Waals surface area contributed by atoms with Crippen LogP contribution < -0.4 is 0 Å². The van der Waals surface area contributed by atoms with E-state index in [4.69, 9.17) is 19.6 Å². The molecule has 1 aromatic rings. The van der Waals surface area contributed by atoms with Crippen LogP contribution in [0.2, 0.25) is 0 Å². The Morgan fingerprint density at radius 2 is 1.22 bits per heavy atom. The van der Waals surface area contributed by atoms with Crippen LogP contribution in [0.1, 0.15) is 16.7 Å². The molecule has 0 saturated carbocycles. The first-order valence-corrected chi connectivity index (χ1v) is 8.04. The van der Waals surface area contributed by atoms with Gasteiger partial charge < -0.3 is 24.7 Å². The average molecular weight is 296 g/mol. The van der Waals surface area contributed by atoms with Gasteiger partial charge in [-0.05, 0) is 13.8 Å². The summed E-state index contributed by atoms with van der Waals surface area (Å²) >= 11 is 0. The molecule has 1 rings (SSSR count). The van der Waals surface area contributed by atoms with Gasteiger partial charge >= 0.3 is 15.2 Å². The minimum Gasteiger partial charge on any atom is -0.364 e. The number of benzene rings is 1. The highest BCUT2D eigenvalue weighted by Gasteiger charge is 2.60. The lowest BCUT2D eigenvalue weighted by molar-refractivity contribution is 0.131. The maximum atomic E-state index is 11.3. The van der Waals surface area contributed by atoms with Crippen LogP contribution in [-0.4, -0.2) is 24.7 Å². The summed E-state index contributed by atoms with van der Waals surface area (Å²) in [6.07, 6.45) is 0. The Morgan fingerprint density at radius 1 is 0.889 bits per heavy atom. The number of aliphatic hydroxyl groups is 1. The highest BCUT2D eigenvalue weighted by molar-refractivity contribution is 7.71. The van der Waals surface area contributed by atoms with Gasteiger partial charge in [-0.25, -0.2) is 0 Å². The van der Waals surface area contributed by atoms with Gasteiger partial charge in [-0.3, -0.25) is 9.13 Å². The van der Waals surface area contributed by atoms with E-state index in [1.54, 1.807) is 19.9 Å². The summed E-state index contributed by atoms with van der Waals surface area (Å²) < 4.78 is 22.6. The van der Waals surface area contributed by atoms with Crippen molar-refractivity contribution < 1.29 is 33.8 Å². The van der Waals surface area contributed by atoms with Gasteiger partial charge in [-0.15, -0.1) is 0 Å². The first kappa shape index (κ1) is 15.5. The predicted octanol–water partition coefficient (Wildman–Crippen LogP) is 0.761. The average Bonchev–Trinajstić information content (AvgIpc) is 2.11. The van der Waals surface area contributed by atoms with E-state index in [9.17, 15) is 14.2 Å². The van der Waals surface area contributed by atoms with E-state index in [-0.39, 0.29) is 0 Å². The lowest BCUT2D eigenvalue weighted by Gasteiger charge is -2.30. The zero-order valence-electron chi connectivity index (χ0n) is 9.68. The molecule has 0 aliphatic carbocycles. The van der Waals surface area contributed by atoms with Gasteiger partial charge in [0, 0.05) is 5.56 Å². The van der Waals surface area contributed by atoms with Crippen molar-refractivity contribution in [1.29, 1.82) is 0 Å².